The lowest BCUT2D eigenvalue weighted by Gasteiger charge is -2.04. The van der Waals surface area contributed by atoms with E-state index in [4.69, 9.17) is 10.00 Å². The molecule has 0 radical (unpaired) electrons. The Morgan fingerprint density at radius 2 is 2.38 bits per heavy atom. The van der Waals surface area contributed by atoms with E-state index in [9.17, 15) is 9.18 Å². The van der Waals surface area contributed by atoms with Gasteiger partial charge in [-0.1, -0.05) is 6.07 Å². The molecule has 13 heavy (non-hydrogen) atoms. The first-order valence-corrected chi connectivity index (χ1v) is 3.53. The zero-order valence-corrected chi connectivity index (χ0v) is 6.66. The Kier molecular flexibility index (Phi) is 2.98. The van der Waals surface area contributed by atoms with Crippen LogP contribution in [0.4, 0.5) is 4.39 Å². The minimum Gasteiger partial charge on any atom is -0.475 e. The number of rotatable bonds is 3. The number of benzene rings is 1. The van der Waals surface area contributed by atoms with Gasteiger partial charge >= 0.3 is 0 Å². The van der Waals surface area contributed by atoms with Crippen molar-refractivity contribution in [3.8, 4) is 11.8 Å². The summed E-state index contributed by atoms with van der Waals surface area (Å²) in [7, 11) is 0. The van der Waals surface area contributed by atoms with Gasteiger partial charge in [0.1, 0.15) is 6.07 Å². The van der Waals surface area contributed by atoms with Crippen LogP contribution >= 0.6 is 0 Å². The second-order valence-corrected chi connectivity index (χ2v) is 2.22. The van der Waals surface area contributed by atoms with Crippen LogP contribution < -0.4 is 4.74 Å². The number of carbonyl (C=O) groups excluding carboxylic acids is 1. The lowest BCUT2D eigenvalue weighted by Crippen LogP contribution is -1.99. The summed E-state index contributed by atoms with van der Waals surface area (Å²) >= 11 is 0. The minimum atomic E-state index is -0.639. The van der Waals surface area contributed by atoms with Gasteiger partial charge in [0, 0.05) is 0 Å². The number of para-hydroxylation sites is 1. The van der Waals surface area contributed by atoms with Crippen LogP contribution in [-0.4, -0.2) is 12.9 Å². The van der Waals surface area contributed by atoms with Crippen LogP contribution in [0.5, 0.6) is 5.75 Å². The number of carbonyl (C=O) groups is 1. The predicted octanol–water partition coefficient (Wildman–Crippen LogP) is 1.54. The minimum absolute atomic E-state index is 0.107. The molecule has 0 aliphatic heterocycles. The van der Waals surface area contributed by atoms with Gasteiger partial charge in [-0.25, -0.2) is 4.39 Å². The highest BCUT2D eigenvalue weighted by Gasteiger charge is 2.08. The molecule has 0 spiro atoms. The summed E-state index contributed by atoms with van der Waals surface area (Å²) in [5, 5.41) is 8.20. The van der Waals surface area contributed by atoms with Crippen LogP contribution in [0.25, 0.3) is 0 Å². The molecule has 0 bridgehead atoms. The first-order chi connectivity index (χ1) is 6.29. The van der Waals surface area contributed by atoms with Crippen molar-refractivity contribution < 1.29 is 13.9 Å². The lowest BCUT2D eigenvalue weighted by molar-refractivity contribution is 0.111. The second-order valence-electron chi connectivity index (χ2n) is 2.22. The van der Waals surface area contributed by atoms with E-state index in [-0.39, 0.29) is 17.9 Å². The number of halogens is 1. The van der Waals surface area contributed by atoms with Crippen LogP contribution in [0, 0.1) is 17.1 Å². The van der Waals surface area contributed by atoms with E-state index >= 15 is 0 Å². The van der Waals surface area contributed by atoms with Gasteiger partial charge in [-0.3, -0.25) is 4.79 Å². The molecule has 3 nitrogen and oxygen atoms in total. The average Bonchev–Trinajstić information content (AvgIpc) is 2.15. The third-order valence-corrected chi connectivity index (χ3v) is 1.41. The number of hydrogen-bond acceptors (Lipinski definition) is 3. The van der Waals surface area contributed by atoms with Crippen molar-refractivity contribution in [1.29, 1.82) is 5.26 Å². The fourth-order valence-electron chi connectivity index (χ4n) is 0.875. The van der Waals surface area contributed by atoms with Crippen molar-refractivity contribution in [3.63, 3.8) is 0 Å². The van der Waals surface area contributed by atoms with Crippen LogP contribution in [0.3, 0.4) is 0 Å². The molecule has 1 rings (SSSR count). The van der Waals surface area contributed by atoms with E-state index in [2.05, 4.69) is 0 Å². The Labute approximate surface area is 74.4 Å². The Hall–Kier alpha value is -1.89. The van der Waals surface area contributed by atoms with E-state index in [0.717, 1.165) is 0 Å². The van der Waals surface area contributed by atoms with Gasteiger partial charge in [0.25, 0.3) is 0 Å². The summed E-state index contributed by atoms with van der Waals surface area (Å²) in [5.74, 6) is -0.807. The van der Waals surface area contributed by atoms with Gasteiger partial charge in [0.15, 0.2) is 24.5 Å². The Morgan fingerprint density at radius 3 is 3.00 bits per heavy atom. The van der Waals surface area contributed by atoms with Crippen molar-refractivity contribution in [2.24, 2.45) is 0 Å². The standard InChI is InChI=1S/C9H6FNO2/c10-8-3-1-2-7(6-12)9(8)13-5-4-11/h1-3,6H,5H2. The summed E-state index contributed by atoms with van der Waals surface area (Å²) in [6.45, 7) is -0.276. The Balaban J connectivity index is 3.01. The normalized spacial score (nSPS) is 8.92. The molecule has 0 atom stereocenters. The van der Waals surface area contributed by atoms with E-state index in [1.54, 1.807) is 6.07 Å². The number of nitrogens with zero attached hydrogens (tertiary/aromatic N) is 1. The van der Waals surface area contributed by atoms with Crippen molar-refractivity contribution in [2.45, 2.75) is 0 Å². The fraction of sp³-hybridized carbons (Fsp3) is 0.111. The first kappa shape index (κ1) is 9.20. The van der Waals surface area contributed by atoms with Crippen molar-refractivity contribution in [1.82, 2.24) is 0 Å². The summed E-state index contributed by atoms with van der Waals surface area (Å²) in [5.41, 5.74) is 0.107. The van der Waals surface area contributed by atoms with Crippen molar-refractivity contribution in [3.05, 3.63) is 29.6 Å². The average molecular weight is 179 g/mol. The number of aldehydes is 1. The Morgan fingerprint density at radius 1 is 1.62 bits per heavy atom. The molecular weight excluding hydrogens is 173 g/mol. The molecule has 0 aliphatic rings. The largest absolute Gasteiger partial charge is 0.475 e. The van der Waals surface area contributed by atoms with Gasteiger partial charge in [-0.05, 0) is 12.1 Å². The van der Waals surface area contributed by atoms with Crippen LogP contribution in [-0.2, 0) is 0 Å². The van der Waals surface area contributed by atoms with Gasteiger partial charge < -0.3 is 4.74 Å². The van der Waals surface area contributed by atoms with Crippen LogP contribution in [0.2, 0.25) is 0 Å². The smallest absolute Gasteiger partial charge is 0.174 e. The van der Waals surface area contributed by atoms with Crippen molar-refractivity contribution in [2.75, 3.05) is 6.61 Å². The van der Waals surface area contributed by atoms with Crippen molar-refractivity contribution >= 4 is 6.29 Å². The Bertz CT molecular complexity index is 357. The lowest BCUT2D eigenvalue weighted by atomic mass is 10.2. The van der Waals surface area contributed by atoms with Gasteiger partial charge in [-0.2, -0.15) is 5.26 Å². The summed E-state index contributed by atoms with van der Waals surface area (Å²) in [6, 6.07) is 5.68. The molecule has 0 amide bonds. The third kappa shape index (κ3) is 2.03. The maximum Gasteiger partial charge on any atom is 0.174 e. The van der Waals surface area contributed by atoms with Crippen LogP contribution in [0.15, 0.2) is 18.2 Å². The summed E-state index contributed by atoms with van der Waals surface area (Å²) in [4.78, 5) is 10.4. The molecule has 0 heterocycles. The SMILES string of the molecule is N#CCOc1c(F)cccc1C=O. The quantitative estimate of drug-likeness (QED) is 0.661. The van der Waals surface area contributed by atoms with Gasteiger partial charge in [-0.15, -0.1) is 0 Å². The molecule has 1 aromatic carbocycles. The van der Waals surface area contributed by atoms with Gasteiger partial charge in [0.05, 0.1) is 5.56 Å². The second kappa shape index (κ2) is 4.21. The molecule has 0 aliphatic carbocycles. The number of ether oxygens (including phenoxy) is 1. The predicted molar refractivity (Wildman–Crippen MR) is 42.9 cm³/mol. The van der Waals surface area contributed by atoms with E-state index < -0.39 is 5.82 Å². The number of hydrogen-bond donors (Lipinski definition) is 0. The molecule has 0 saturated carbocycles. The topological polar surface area (TPSA) is 50.1 Å². The highest BCUT2D eigenvalue weighted by Crippen LogP contribution is 2.20. The number of nitriles is 1. The maximum absolute atomic E-state index is 13.0. The molecule has 0 saturated heterocycles. The molecule has 0 aromatic heterocycles. The van der Waals surface area contributed by atoms with E-state index in [0.29, 0.717) is 6.29 Å². The fourth-order valence-corrected chi connectivity index (χ4v) is 0.875. The summed E-state index contributed by atoms with van der Waals surface area (Å²) in [6.07, 6.45) is 0.482. The van der Waals surface area contributed by atoms with E-state index in [1.165, 1.54) is 18.2 Å². The van der Waals surface area contributed by atoms with Crippen LogP contribution in [0.1, 0.15) is 10.4 Å². The van der Waals surface area contributed by atoms with Gasteiger partial charge in [0.2, 0.25) is 0 Å². The molecule has 1 aromatic rings. The third-order valence-electron chi connectivity index (χ3n) is 1.41. The zero-order valence-electron chi connectivity index (χ0n) is 6.66. The molecule has 66 valence electrons. The maximum atomic E-state index is 13.0. The highest BCUT2D eigenvalue weighted by atomic mass is 19.1. The molecule has 0 unspecified atom stereocenters. The molecule has 4 heteroatoms. The summed E-state index contributed by atoms with van der Waals surface area (Å²) < 4.78 is 17.7. The molecule has 0 N–H and O–H groups in total. The zero-order chi connectivity index (χ0) is 9.68. The highest BCUT2D eigenvalue weighted by molar-refractivity contribution is 5.79. The van der Waals surface area contributed by atoms with E-state index in [1.807, 2.05) is 0 Å². The molecule has 0 fully saturated rings. The monoisotopic (exact) mass is 179 g/mol. The molecular formula is C9H6FNO2. The first-order valence-electron chi connectivity index (χ1n) is 3.53.